The Morgan fingerprint density at radius 3 is 2.63 bits per heavy atom. The van der Waals surface area contributed by atoms with E-state index in [4.69, 9.17) is 0 Å². The predicted molar refractivity (Wildman–Crippen MR) is 78.9 cm³/mol. The minimum absolute atomic E-state index is 0.153. The molecule has 0 aliphatic heterocycles. The Labute approximate surface area is 115 Å². The zero-order chi connectivity index (χ0) is 13.7. The molecule has 3 nitrogen and oxygen atoms in total. The van der Waals surface area contributed by atoms with Crippen molar-refractivity contribution in [1.29, 1.82) is 0 Å². The van der Waals surface area contributed by atoms with E-state index < -0.39 is 0 Å². The van der Waals surface area contributed by atoms with E-state index in [-0.39, 0.29) is 6.03 Å². The molecule has 1 aromatic rings. The van der Waals surface area contributed by atoms with Crippen LogP contribution >= 0.6 is 0 Å². The number of urea groups is 1. The number of hydrogen-bond acceptors (Lipinski definition) is 1. The average molecular weight is 258 g/mol. The number of hydrogen-bond donors (Lipinski definition) is 2. The lowest BCUT2D eigenvalue weighted by Gasteiger charge is -2.27. The molecule has 0 fully saturated rings. The quantitative estimate of drug-likeness (QED) is 0.840. The van der Waals surface area contributed by atoms with Gasteiger partial charge in [-0.05, 0) is 36.8 Å². The lowest BCUT2D eigenvalue weighted by molar-refractivity contribution is 0.252. The van der Waals surface area contributed by atoms with Gasteiger partial charge in [0, 0.05) is 11.4 Å². The Morgan fingerprint density at radius 1 is 1.26 bits per heavy atom. The van der Waals surface area contributed by atoms with E-state index in [0.29, 0.717) is 5.92 Å². The van der Waals surface area contributed by atoms with Crippen LogP contribution in [0.1, 0.15) is 33.1 Å². The largest absolute Gasteiger partial charge is 0.323 e. The van der Waals surface area contributed by atoms with E-state index in [2.05, 4.69) is 30.6 Å². The third-order valence-corrected chi connectivity index (χ3v) is 3.84. The maximum absolute atomic E-state index is 11.9. The van der Waals surface area contributed by atoms with E-state index in [9.17, 15) is 4.79 Å². The summed E-state index contributed by atoms with van der Waals surface area (Å²) in [6.07, 6.45) is 5.40. The molecule has 2 N–H and O–H groups in total. The van der Waals surface area contributed by atoms with Crippen LogP contribution in [0, 0.1) is 11.8 Å². The van der Waals surface area contributed by atoms with E-state index in [1.54, 1.807) is 0 Å². The molecule has 3 heteroatoms. The second kappa shape index (κ2) is 6.41. The van der Waals surface area contributed by atoms with E-state index >= 15 is 0 Å². The molecule has 0 bridgehead atoms. The summed E-state index contributed by atoms with van der Waals surface area (Å²) in [7, 11) is 0. The standard InChI is InChI=1S/C16H22N2O/c1-3-13-9-10-15(11-12(13)2)18-16(19)17-14-7-5-4-6-8-14/h4-8,10,12-13H,3,9,11H2,1-2H3,(H2,17,18,19). The van der Waals surface area contributed by atoms with Gasteiger partial charge in [-0.3, -0.25) is 0 Å². The van der Waals surface area contributed by atoms with Crippen LogP contribution in [0.25, 0.3) is 0 Å². The number of carbonyl (C=O) groups excluding carboxylic acids is 1. The first-order chi connectivity index (χ1) is 9.19. The van der Waals surface area contributed by atoms with Gasteiger partial charge in [0.25, 0.3) is 0 Å². The van der Waals surface area contributed by atoms with Crippen molar-refractivity contribution < 1.29 is 4.79 Å². The van der Waals surface area contributed by atoms with E-state index in [0.717, 1.165) is 30.1 Å². The highest BCUT2D eigenvalue weighted by Crippen LogP contribution is 2.30. The lowest BCUT2D eigenvalue weighted by Crippen LogP contribution is -2.31. The van der Waals surface area contributed by atoms with Crippen LogP contribution in [0.15, 0.2) is 42.1 Å². The third kappa shape index (κ3) is 3.85. The van der Waals surface area contributed by atoms with Crippen LogP contribution in [-0.2, 0) is 0 Å². The van der Waals surface area contributed by atoms with Crippen molar-refractivity contribution in [2.45, 2.75) is 33.1 Å². The number of anilines is 1. The first-order valence-corrected chi connectivity index (χ1v) is 7.01. The summed E-state index contributed by atoms with van der Waals surface area (Å²) in [6, 6.07) is 9.35. The zero-order valence-electron chi connectivity index (χ0n) is 11.6. The Balaban J connectivity index is 1.88. The molecule has 0 heterocycles. The molecule has 1 aliphatic rings. The van der Waals surface area contributed by atoms with E-state index in [1.807, 2.05) is 30.3 Å². The fourth-order valence-electron chi connectivity index (χ4n) is 2.62. The topological polar surface area (TPSA) is 41.1 Å². The third-order valence-electron chi connectivity index (χ3n) is 3.84. The van der Waals surface area contributed by atoms with Crippen LogP contribution < -0.4 is 10.6 Å². The van der Waals surface area contributed by atoms with Gasteiger partial charge < -0.3 is 10.6 Å². The van der Waals surface area contributed by atoms with E-state index in [1.165, 1.54) is 6.42 Å². The second-order valence-corrected chi connectivity index (χ2v) is 5.26. The molecule has 0 saturated carbocycles. The molecule has 1 aliphatic carbocycles. The second-order valence-electron chi connectivity index (χ2n) is 5.26. The van der Waals surface area contributed by atoms with Crippen LogP contribution in [-0.4, -0.2) is 6.03 Å². The molecular weight excluding hydrogens is 236 g/mol. The summed E-state index contributed by atoms with van der Waals surface area (Å²) >= 11 is 0. The molecule has 19 heavy (non-hydrogen) atoms. The molecule has 0 aromatic heterocycles. The van der Waals surface area contributed by atoms with Gasteiger partial charge in [0.05, 0.1) is 0 Å². The highest BCUT2D eigenvalue weighted by molar-refractivity contribution is 5.90. The van der Waals surface area contributed by atoms with Crippen molar-refractivity contribution in [3.8, 4) is 0 Å². The van der Waals surface area contributed by atoms with Crippen molar-refractivity contribution in [3.05, 3.63) is 42.1 Å². The normalized spacial score (nSPS) is 22.5. The Hall–Kier alpha value is -1.77. The molecule has 2 amide bonds. The molecule has 2 atom stereocenters. The minimum atomic E-state index is -0.153. The molecule has 0 spiro atoms. The van der Waals surface area contributed by atoms with Crippen LogP contribution in [0.5, 0.6) is 0 Å². The maximum atomic E-state index is 11.9. The first kappa shape index (κ1) is 13.7. The number of amides is 2. The van der Waals surface area contributed by atoms with Crippen molar-refractivity contribution in [3.63, 3.8) is 0 Å². The van der Waals surface area contributed by atoms with Gasteiger partial charge in [0.2, 0.25) is 0 Å². The smallest absolute Gasteiger partial charge is 0.312 e. The summed E-state index contributed by atoms with van der Waals surface area (Å²) in [6.45, 7) is 4.49. The molecule has 1 aromatic carbocycles. The number of allylic oxidation sites excluding steroid dienone is 2. The van der Waals surface area contributed by atoms with Crippen molar-refractivity contribution in [2.24, 2.45) is 11.8 Å². The number of para-hydroxylation sites is 1. The highest BCUT2D eigenvalue weighted by Gasteiger charge is 2.21. The summed E-state index contributed by atoms with van der Waals surface area (Å²) in [4.78, 5) is 11.9. The first-order valence-electron chi connectivity index (χ1n) is 7.01. The fourth-order valence-corrected chi connectivity index (χ4v) is 2.62. The van der Waals surface area contributed by atoms with Gasteiger partial charge in [-0.1, -0.05) is 44.5 Å². The number of rotatable bonds is 3. The summed E-state index contributed by atoms with van der Waals surface area (Å²) < 4.78 is 0. The number of benzene rings is 1. The van der Waals surface area contributed by atoms with Gasteiger partial charge in [-0.25, -0.2) is 4.79 Å². The van der Waals surface area contributed by atoms with Gasteiger partial charge in [-0.15, -0.1) is 0 Å². The zero-order valence-corrected chi connectivity index (χ0v) is 11.6. The molecule has 2 rings (SSSR count). The molecule has 102 valence electrons. The van der Waals surface area contributed by atoms with Gasteiger partial charge in [-0.2, -0.15) is 0 Å². The molecule has 0 radical (unpaired) electrons. The lowest BCUT2D eigenvalue weighted by atomic mass is 9.81. The summed E-state index contributed by atoms with van der Waals surface area (Å²) in [5, 5.41) is 5.79. The summed E-state index contributed by atoms with van der Waals surface area (Å²) in [5.41, 5.74) is 1.86. The number of nitrogens with one attached hydrogen (secondary N) is 2. The minimum Gasteiger partial charge on any atom is -0.312 e. The Kier molecular flexibility index (Phi) is 4.61. The van der Waals surface area contributed by atoms with Crippen LogP contribution in [0.2, 0.25) is 0 Å². The van der Waals surface area contributed by atoms with Crippen molar-refractivity contribution in [2.75, 3.05) is 5.32 Å². The Bertz CT molecular complexity index is 453. The molecule has 0 saturated heterocycles. The van der Waals surface area contributed by atoms with Crippen LogP contribution in [0.3, 0.4) is 0 Å². The Morgan fingerprint density at radius 2 is 2.00 bits per heavy atom. The van der Waals surface area contributed by atoms with Gasteiger partial charge >= 0.3 is 6.03 Å². The van der Waals surface area contributed by atoms with Gasteiger partial charge in [0.1, 0.15) is 0 Å². The molecular formula is C16H22N2O. The van der Waals surface area contributed by atoms with Crippen molar-refractivity contribution >= 4 is 11.7 Å². The average Bonchev–Trinajstić information content (AvgIpc) is 2.40. The number of carbonyl (C=O) groups is 1. The highest BCUT2D eigenvalue weighted by atomic mass is 16.2. The maximum Gasteiger partial charge on any atom is 0.323 e. The SMILES string of the molecule is CCC1CC=C(NC(=O)Nc2ccccc2)CC1C. The fraction of sp³-hybridized carbons (Fsp3) is 0.438. The monoisotopic (exact) mass is 258 g/mol. The summed E-state index contributed by atoms with van der Waals surface area (Å²) in [5.74, 6) is 1.39. The predicted octanol–water partition coefficient (Wildman–Crippen LogP) is 4.15. The van der Waals surface area contributed by atoms with Crippen molar-refractivity contribution in [1.82, 2.24) is 5.32 Å². The van der Waals surface area contributed by atoms with Gasteiger partial charge in [0.15, 0.2) is 0 Å². The molecule has 2 unspecified atom stereocenters. The van der Waals surface area contributed by atoms with Crippen LogP contribution in [0.4, 0.5) is 10.5 Å².